The number of Topliss-reactive ketones (excluding diaryl/α,β-unsaturated/α-hetero) is 1. The van der Waals surface area contributed by atoms with Gasteiger partial charge in [0.2, 0.25) is 5.91 Å². The molecule has 3 saturated heterocycles. The predicted octanol–water partition coefficient (Wildman–Crippen LogP) is 1.28. The van der Waals surface area contributed by atoms with Crippen LogP contribution < -0.4 is 5.32 Å². The van der Waals surface area contributed by atoms with E-state index in [4.69, 9.17) is 14.2 Å². The molecule has 9 unspecified atom stereocenters. The number of fused-ring (bicyclic) bond motifs is 3. The number of ether oxygens (including phenoxy) is 3. The zero-order chi connectivity index (χ0) is 28.8. The molecule has 0 radical (unpaired) electrons. The first-order chi connectivity index (χ1) is 20.5. The molecular formula is C31H45FN4O6. The van der Waals surface area contributed by atoms with E-state index in [1.807, 2.05) is 0 Å². The summed E-state index contributed by atoms with van der Waals surface area (Å²) in [5.74, 6) is -0.240. The van der Waals surface area contributed by atoms with Crippen LogP contribution >= 0.6 is 0 Å². The Morgan fingerprint density at radius 2 is 1.64 bits per heavy atom. The van der Waals surface area contributed by atoms with Crippen LogP contribution in [0.4, 0.5) is 4.39 Å². The molecule has 4 heterocycles. The van der Waals surface area contributed by atoms with Crippen molar-refractivity contribution in [3.8, 4) is 0 Å². The zero-order valence-electron chi connectivity index (χ0n) is 24.5. The Labute approximate surface area is 247 Å². The van der Waals surface area contributed by atoms with Gasteiger partial charge in [-0.3, -0.25) is 19.3 Å². The Morgan fingerprint density at radius 1 is 0.952 bits per heavy atom. The quantitative estimate of drug-likeness (QED) is 0.480. The number of nitrogens with zero attached hydrogens (tertiary/aromatic N) is 3. The van der Waals surface area contributed by atoms with Crippen LogP contribution in [0, 0.1) is 17.8 Å². The van der Waals surface area contributed by atoms with Crippen LogP contribution in [-0.4, -0.2) is 128 Å². The molecule has 4 aliphatic heterocycles. The summed E-state index contributed by atoms with van der Waals surface area (Å²) >= 11 is 0. The Kier molecular flexibility index (Phi) is 8.28. The number of ketones is 1. The van der Waals surface area contributed by atoms with Gasteiger partial charge in [-0.05, 0) is 31.1 Å². The largest absolute Gasteiger partial charge is 0.379 e. The minimum absolute atomic E-state index is 0.0224. The van der Waals surface area contributed by atoms with Gasteiger partial charge in [-0.2, -0.15) is 0 Å². The number of carbonyl (C=O) groups excluding carboxylic acids is 3. The van der Waals surface area contributed by atoms with Gasteiger partial charge >= 0.3 is 0 Å². The Morgan fingerprint density at radius 3 is 2.38 bits per heavy atom. The molecule has 9 atom stereocenters. The predicted molar refractivity (Wildman–Crippen MR) is 150 cm³/mol. The van der Waals surface area contributed by atoms with Gasteiger partial charge in [0.15, 0.2) is 5.78 Å². The van der Waals surface area contributed by atoms with Crippen molar-refractivity contribution in [2.24, 2.45) is 17.8 Å². The van der Waals surface area contributed by atoms with Crippen LogP contribution in [-0.2, 0) is 28.6 Å². The van der Waals surface area contributed by atoms with E-state index in [0.717, 1.165) is 25.9 Å². The lowest BCUT2D eigenvalue weighted by Crippen LogP contribution is -2.73. The highest BCUT2D eigenvalue weighted by Gasteiger charge is 2.60. The molecule has 7 rings (SSSR count). The molecule has 232 valence electrons. The Bertz CT molecular complexity index is 1080. The maximum Gasteiger partial charge on any atom is 0.259 e. The van der Waals surface area contributed by atoms with Crippen molar-refractivity contribution < 1.29 is 33.0 Å². The third-order valence-corrected chi connectivity index (χ3v) is 11.1. The van der Waals surface area contributed by atoms with Crippen molar-refractivity contribution >= 4 is 17.6 Å². The molecule has 0 aromatic rings. The lowest BCUT2D eigenvalue weighted by Gasteiger charge is -2.60. The number of halogens is 1. The topological polar surface area (TPSA) is 101 Å². The van der Waals surface area contributed by atoms with Crippen molar-refractivity contribution in [2.75, 3.05) is 59.2 Å². The molecule has 10 nitrogen and oxygen atoms in total. The van der Waals surface area contributed by atoms with Crippen LogP contribution in [0.5, 0.6) is 0 Å². The van der Waals surface area contributed by atoms with Gasteiger partial charge in [-0.1, -0.05) is 25.7 Å². The number of hydrogen-bond acceptors (Lipinski definition) is 8. The van der Waals surface area contributed by atoms with E-state index in [1.165, 1.54) is 25.7 Å². The molecule has 1 N–H and O–H groups in total. The summed E-state index contributed by atoms with van der Waals surface area (Å²) in [6.45, 7) is 5.30. The fourth-order valence-corrected chi connectivity index (χ4v) is 8.89. The summed E-state index contributed by atoms with van der Waals surface area (Å²) in [7, 11) is 0. The highest BCUT2D eigenvalue weighted by atomic mass is 19.1. The number of morpholine rings is 3. The average molecular weight is 589 g/mol. The van der Waals surface area contributed by atoms with Crippen molar-refractivity contribution in [3.05, 3.63) is 11.8 Å². The fourth-order valence-electron chi connectivity index (χ4n) is 8.89. The summed E-state index contributed by atoms with van der Waals surface area (Å²) in [5.41, 5.74) is 0.170. The minimum atomic E-state index is -1.44. The van der Waals surface area contributed by atoms with E-state index in [9.17, 15) is 14.4 Å². The summed E-state index contributed by atoms with van der Waals surface area (Å²) in [6.07, 6.45) is 6.60. The highest BCUT2D eigenvalue weighted by molar-refractivity contribution is 6.20. The standard InChI is InChI=1S/C31H45FN4O6/c32-23-17-21-28-30(27(23)33-26(37)5-6-34-7-11-40-12-8-34)42-25-16-20-4-2-1-3-19(20)15-24(25)36(28)18-22(29(21)38)31(39)35-9-13-41-14-10-35/h18-21,23-25,27-28,30H,1-17H2,(H,33,37). The van der Waals surface area contributed by atoms with Gasteiger partial charge in [0, 0.05) is 51.3 Å². The Hall–Kier alpha value is -2.08. The molecule has 3 saturated carbocycles. The molecule has 0 spiro atoms. The SMILES string of the molecule is O=C(CCN1CCOCC1)NC1C(F)CC2C(=O)C(C(=O)N3CCOCC3)=CN3C4CC5CCCCC5CC4OC1C23. The van der Waals surface area contributed by atoms with Gasteiger partial charge < -0.3 is 29.3 Å². The molecule has 6 fully saturated rings. The van der Waals surface area contributed by atoms with E-state index in [1.54, 1.807) is 11.1 Å². The van der Waals surface area contributed by atoms with Crippen molar-refractivity contribution in [1.29, 1.82) is 0 Å². The maximum atomic E-state index is 16.1. The third kappa shape index (κ3) is 5.39. The van der Waals surface area contributed by atoms with Crippen LogP contribution in [0.25, 0.3) is 0 Å². The van der Waals surface area contributed by atoms with E-state index in [2.05, 4.69) is 15.1 Å². The molecule has 0 bridgehead atoms. The second-order valence-electron chi connectivity index (χ2n) is 13.4. The van der Waals surface area contributed by atoms with Crippen LogP contribution in [0.2, 0.25) is 0 Å². The van der Waals surface area contributed by atoms with Gasteiger partial charge in [-0.15, -0.1) is 0 Å². The molecule has 42 heavy (non-hydrogen) atoms. The van der Waals surface area contributed by atoms with Gasteiger partial charge in [0.05, 0.1) is 56.2 Å². The number of amides is 2. The lowest BCUT2D eigenvalue weighted by atomic mass is 9.65. The first-order valence-electron chi connectivity index (χ1n) is 16.3. The average Bonchev–Trinajstić information content (AvgIpc) is 3.02. The number of rotatable bonds is 5. The second-order valence-corrected chi connectivity index (χ2v) is 13.4. The monoisotopic (exact) mass is 588 g/mol. The second kappa shape index (κ2) is 12.1. The normalized spacial score (nSPS) is 40.4. The molecule has 2 amide bonds. The van der Waals surface area contributed by atoms with Gasteiger partial charge in [0.25, 0.3) is 5.91 Å². The van der Waals surface area contributed by atoms with Crippen molar-refractivity contribution in [3.63, 3.8) is 0 Å². The molecule has 0 aromatic heterocycles. The van der Waals surface area contributed by atoms with E-state index < -0.39 is 30.3 Å². The zero-order valence-corrected chi connectivity index (χ0v) is 24.5. The van der Waals surface area contributed by atoms with Gasteiger partial charge in [-0.25, -0.2) is 4.39 Å². The number of carbonyl (C=O) groups is 3. The highest BCUT2D eigenvalue weighted by Crippen LogP contribution is 2.50. The first kappa shape index (κ1) is 28.7. The molecule has 11 heteroatoms. The van der Waals surface area contributed by atoms with Crippen LogP contribution in [0.1, 0.15) is 51.4 Å². The summed E-state index contributed by atoms with van der Waals surface area (Å²) in [6, 6.07) is -1.17. The van der Waals surface area contributed by atoms with E-state index >= 15 is 4.39 Å². The summed E-state index contributed by atoms with van der Waals surface area (Å²) in [5, 5.41) is 3.00. The van der Waals surface area contributed by atoms with Crippen LogP contribution in [0.3, 0.4) is 0 Å². The number of nitrogens with one attached hydrogen (secondary N) is 1. The minimum Gasteiger partial charge on any atom is -0.379 e. The van der Waals surface area contributed by atoms with E-state index in [-0.39, 0.29) is 48.2 Å². The molecule has 3 aliphatic carbocycles. The van der Waals surface area contributed by atoms with Crippen molar-refractivity contribution in [1.82, 2.24) is 20.0 Å². The fraction of sp³-hybridized carbons (Fsp3) is 0.839. The molecule has 7 aliphatic rings. The third-order valence-electron chi connectivity index (χ3n) is 11.1. The number of alkyl halides is 1. The maximum absolute atomic E-state index is 16.1. The van der Waals surface area contributed by atoms with Crippen LogP contribution in [0.15, 0.2) is 11.8 Å². The summed E-state index contributed by atoms with van der Waals surface area (Å²) < 4.78 is 33.7. The van der Waals surface area contributed by atoms with Gasteiger partial charge in [0.1, 0.15) is 12.3 Å². The Balaban J connectivity index is 1.15. The molecular weight excluding hydrogens is 543 g/mol. The molecule has 0 aromatic carbocycles. The smallest absolute Gasteiger partial charge is 0.259 e. The lowest BCUT2D eigenvalue weighted by molar-refractivity contribution is -0.208. The van der Waals surface area contributed by atoms with Crippen molar-refractivity contribution in [2.45, 2.75) is 87.9 Å². The summed E-state index contributed by atoms with van der Waals surface area (Å²) in [4.78, 5) is 46.8. The van der Waals surface area contributed by atoms with E-state index in [0.29, 0.717) is 57.9 Å². The first-order valence-corrected chi connectivity index (χ1v) is 16.3. The number of hydrogen-bond donors (Lipinski definition) is 1.